The van der Waals surface area contributed by atoms with Gasteiger partial charge in [0.05, 0.1) is 22.4 Å². The molecule has 0 spiro atoms. The van der Waals surface area contributed by atoms with Crippen molar-refractivity contribution < 1.29 is 0 Å². The van der Waals surface area contributed by atoms with Crippen LogP contribution < -0.4 is 0 Å². The zero-order valence-corrected chi connectivity index (χ0v) is 37.8. The first kappa shape index (κ1) is 39.6. The molecule has 0 aliphatic heterocycles. The highest BCUT2D eigenvalue weighted by molar-refractivity contribution is 6.35. The van der Waals surface area contributed by atoms with E-state index in [1.807, 2.05) is 36.9 Å². The molecule has 0 bridgehead atoms. The van der Waals surface area contributed by atoms with Gasteiger partial charge >= 0.3 is 0 Å². The fraction of sp³-hybridized carbons (Fsp3) is 0. The van der Waals surface area contributed by atoms with Crippen molar-refractivity contribution in [3.8, 4) is 78.7 Å². The predicted octanol–water partition coefficient (Wildman–Crippen LogP) is 16.1. The van der Waals surface area contributed by atoms with Crippen LogP contribution >= 0.6 is 0 Å². The van der Waals surface area contributed by atoms with Crippen LogP contribution in [0.25, 0.3) is 133 Å². The van der Waals surface area contributed by atoms with E-state index in [9.17, 15) is 0 Å². The number of fused-ring (bicyclic) bond motifs is 4. The second-order valence-corrected chi connectivity index (χ2v) is 17.8. The molecular formula is C64H40N6. The summed E-state index contributed by atoms with van der Waals surface area (Å²) in [6.07, 6.45) is 11.3. The summed E-state index contributed by atoms with van der Waals surface area (Å²) >= 11 is 0. The van der Waals surface area contributed by atoms with E-state index in [1.54, 1.807) is 12.4 Å². The van der Waals surface area contributed by atoms with Crippen LogP contribution in [0.5, 0.6) is 0 Å². The summed E-state index contributed by atoms with van der Waals surface area (Å²) < 4.78 is 4.80. The Morgan fingerprint density at radius 3 is 1.01 bits per heavy atom. The summed E-state index contributed by atoms with van der Waals surface area (Å²) in [6.45, 7) is 0. The van der Waals surface area contributed by atoms with Gasteiger partial charge in [-0.15, -0.1) is 0 Å². The maximum Gasteiger partial charge on any atom is 0.137 e. The van der Waals surface area contributed by atoms with E-state index in [1.165, 1.54) is 43.4 Å². The van der Waals surface area contributed by atoms with Gasteiger partial charge in [-0.1, -0.05) is 158 Å². The third kappa shape index (κ3) is 6.20. The molecule has 0 radical (unpaired) electrons. The van der Waals surface area contributed by atoms with Gasteiger partial charge in [0, 0.05) is 92.1 Å². The van der Waals surface area contributed by atoms with Gasteiger partial charge < -0.3 is 0 Å². The Kier molecular flexibility index (Phi) is 9.10. The maximum absolute atomic E-state index is 5.28. The molecule has 0 atom stereocenters. The Hall–Kier alpha value is -9.52. The molecule has 0 saturated heterocycles. The molecule has 326 valence electrons. The van der Waals surface area contributed by atoms with Crippen LogP contribution in [0.2, 0.25) is 0 Å². The van der Waals surface area contributed by atoms with Gasteiger partial charge in [0.15, 0.2) is 0 Å². The lowest BCUT2D eigenvalue weighted by Gasteiger charge is -2.17. The Morgan fingerprint density at radius 1 is 0.286 bits per heavy atom. The summed E-state index contributed by atoms with van der Waals surface area (Å²) in [6, 6.07) is 74.1. The molecule has 14 aromatic rings. The van der Waals surface area contributed by atoms with E-state index in [-0.39, 0.29) is 0 Å². The fourth-order valence-corrected chi connectivity index (χ4v) is 10.9. The van der Waals surface area contributed by atoms with Crippen LogP contribution in [-0.2, 0) is 0 Å². The normalized spacial score (nSPS) is 11.7. The van der Waals surface area contributed by atoms with Crippen molar-refractivity contribution in [2.75, 3.05) is 0 Å². The predicted molar refractivity (Wildman–Crippen MR) is 288 cm³/mol. The molecule has 0 aliphatic rings. The minimum absolute atomic E-state index is 0.839. The molecule has 0 N–H and O–H groups in total. The van der Waals surface area contributed by atoms with Crippen LogP contribution in [0.3, 0.4) is 0 Å². The summed E-state index contributed by atoms with van der Waals surface area (Å²) in [7, 11) is 0. The van der Waals surface area contributed by atoms with E-state index in [0.29, 0.717) is 0 Å². The van der Waals surface area contributed by atoms with Gasteiger partial charge in [-0.25, -0.2) is 9.97 Å². The van der Waals surface area contributed by atoms with Crippen LogP contribution in [0, 0.1) is 0 Å². The van der Waals surface area contributed by atoms with Gasteiger partial charge in [0.2, 0.25) is 0 Å². The first-order valence-corrected chi connectivity index (χ1v) is 23.6. The zero-order chi connectivity index (χ0) is 46.1. The molecule has 6 heterocycles. The molecule has 0 saturated carbocycles. The van der Waals surface area contributed by atoms with Crippen molar-refractivity contribution in [2.24, 2.45) is 0 Å². The van der Waals surface area contributed by atoms with Gasteiger partial charge in [-0.2, -0.15) is 0 Å². The third-order valence-corrected chi connectivity index (χ3v) is 13.9. The van der Waals surface area contributed by atoms with Crippen LogP contribution in [-0.4, -0.2) is 29.1 Å². The summed E-state index contributed by atoms with van der Waals surface area (Å²) in [5, 5.41) is 9.43. The number of hydrogen-bond acceptors (Lipinski definition) is 4. The average Bonchev–Trinajstić information content (AvgIpc) is 3.97. The van der Waals surface area contributed by atoms with Crippen molar-refractivity contribution in [2.45, 2.75) is 0 Å². The quantitative estimate of drug-likeness (QED) is 0.143. The topological polar surface area (TPSA) is 61.4 Å². The number of benzene rings is 8. The van der Waals surface area contributed by atoms with E-state index >= 15 is 0 Å². The van der Waals surface area contributed by atoms with E-state index in [0.717, 1.165) is 89.3 Å². The Balaban J connectivity index is 1.12. The van der Waals surface area contributed by atoms with E-state index in [4.69, 9.17) is 9.97 Å². The van der Waals surface area contributed by atoms with Crippen molar-refractivity contribution in [1.82, 2.24) is 29.1 Å². The second kappa shape index (κ2) is 16.1. The average molecular weight is 893 g/mol. The fourth-order valence-electron chi connectivity index (χ4n) is 10.9. The highest BCUT2D eigenvalue weighted by Gasteiger charge is 2.28. The first-order valence-electron chi connectivity index (χ1n) is 23.6. The third-order valence-electron chi connectivity index (χ3n) is 13.9. The number of hydrogen-bond donors (Lipinski definition) is 0. The maximum atomic E-state index is 5.28. The standard InChI is InChI=1S/C64H40N6/c1-5-15-41(16-6-1)59-53-35-45-25-30-52-58-46(26-29-51(57(45)58)63(53)69(61(59)43-19-9-3-10-20-43)55-31-27-49(39-67-55)47-23-13-33-65-37-47)36-54-60(42-17-7-2-8-18-42)62(44-21-11-4-12-22-44)70(64(52)54)56-32-28-50(40-68-56)48-24-14-34-66-38-48/h1-40H. The van der Waals surface area contributed by atoms with Crippen molar-refractivity contribution in [1.29, 1.82) is 0 Å². The molecule has 6 aromatic heterocycles. The van der Waals surface area contributed by atoms with Gasteiger partial charge in [0.1, 0.15) is 11.6 Å². The first-order chi connectivity index (χ1) is 34.8. The molecule has 8 aromatic carbocycles. The summed E-state index contributed by atoms with van der Waals surface area (Å²) in [5.74, 6) is 1.68. The molecule has 0 unspecified atom stereocenters. The second-order valence-electron chi connectivity index (χ2n) is 17.8. The molecule has 6 nitrogen and oxygen atoms in total. The van der Waals surface area contributed by atoms with Crippen molar-refractivity contribution in [3.63, 3.8) is 0 Å². The largest absolute Gasteiger partial charge is 0.293 e. The lowest BCUT2D eigenvalue weighted by molar-refractivity contribution is 1.05. The molecule has 6 heteroatoms. The van der Waals surface area contributed by atoms with E-state index in [2.05, 4.69) is 213 Å². The Morgan fingerprint density at radius 2 is 0.657 bits per heavy atom. The smallest absolute Gasteiger partial charge is 0.137 e. The molecule has 0 fully saturated rings. The highest BCUT2D eigenvalue weighted by atomic mass is 15.1. The zero-order valence-electron chi connectivity index (χ0n) is 37.8. The Bertz CT molecular complexity index is 3930. The number of rotatable bonds is 8. The Labute approximate surface area is 403 Å². The van der Waals surface area contributed by atoms with Crippen molar-refractivity contribution >= 4 is 54.1 Å². The molecule has 0 amide bonds. The molecule has 14 rings (SSSR count). The van der Waals surface area contributed by atoms with Crippen LogP contribution in [0.1, 0.15) is 0 Å². The highest BCUT2D eigenvalue weighted by Crippen LogP contribution is 2.51. The van der Waals surface area contributed by atoms with E-state index < -0.39 is 0 Å². The summed E-state index contributed by atoms with van der Waals surface area (Å²) in [4.78, 5) is 19.4. The van der Waals surface area contributed by atoms with Crippen LogP contribution in [0.15, 0.2) is 243 Å². The minimum Gasteiger partial charge on any atom is -0.293 e. The van der Waals surface area contributed by atoms with Crippen LogP contribution in [0.4, 0.5) is 0 Å². The number of pyridine rings is 4. The molecular weight excluding hydrogens is 853 g/mol. The molecule has 0 aliphatic carbocycles. The monoisotopic (exact) mass is 892 g/mol. The van der Waals surface area contributed by atoms with Gasteiger partial charge in [-0.05, 0) is 92.3 Å². The molecule has 70 heavy (non-hydrogen) atoms. The lowest BCUT2D eigenvalue weighted by atomic mass is 9.89. The van der Waals surface area contributed by atoms with Gasteiger partial charge in [-0.3, -0.25) is 19.1 Å². The van der Waals surface area contributed by atoms with Gasteiger partial charge in [0.25, 0.3) is 0 Å². The minimum atomic E-state index is 0.839. The van der Waals surface area contributed by atoms with Crippen molar-refractivity contribution in [3.05, 3.63) is 243 Å². The lowest BCUT2D eigenvalue weighted by Crippen LogP contribution is -2.02. The number of nitrogens with zero attached hydrogens (tertiary/aromatic N) is 6. The summed E-state index contributed by atoms with van der Waals surface area (Å²) in [5.41, 5.74) is 15.3. The SMILES string of the molecule is c1ccc(-c2c(-c3ccccc3)n(-c3ccc(-c4cccnc4)cn3)c3c2cc2ccc4c5c(ccc3c25)cc2c(-c3ccccc3)c(-c3ccccc3)n(-c3ccc(-c5cccnc5)cn3)c24)cc1. The number of aromatic nitrogens is 6.